The molecule has 1 heterocycles. The van der Waals surface area contributed by atoms with Crippen molar-refractivity contribution in [3.63, 3.8) is 0 Å². The maximum Gasteiger partial charge on any atom is 0.415 e. The van der Waals surface area contributed by atoms with E-state index in [2.05, 4.69) is 49.4 Å². The average Bonchev–Trinajstić information content (AvgIpc) is 2.66. The Hall–Kier alpha value is -0.260. The van der Waals surface area contributed by atoms with Crippen LogP contribution in [0.25, 0.3) is 0 Å². The highest BCUT2D eigenvalue weighted by atomic mass is 127. The summed E-state index contributed by atoms with van der Waals surface area (Å²) in [7, 11) is 0. The Labute approximate surface area is 118 Å². The molecule has 0 N–H and O–H groups in total. The monoisotopic (exact) mass is 351 g/mol. The molecule has 3 nitrogen and oxygen atoms in total. The van der Waals surface area contributed by atoms with Crippen molar-refractivity contribution in [1.82, 2.24) is 4.90 Å². The first-order valence-corrected chi connectivity index (χ1v) is 7.47. The van der Waals surface area contributed by atoms with Crippen LogP contribution in [0, 0.1) is 5.92 Å². The summed E-state index contributed by atoms with van der Waals surface area (Å²) < 4.78 is 6.14. The van der Waals surface area contributed by atoms with Crippen molar-refractivity contribution in [3.8, 4) is 0 Å². The predicted molar refractivity (Wildman–Crippen MR) is 78.1 cm³/mol. The zero-order chi connectivity index (χ0) is 12.8. The van der Waals surface area contributed by atoms with E-state index in [1.54, 1.807) is 4.90 Å². The zero-order valence-electron chi connectivity index (χ0n) is 10.9. The number of nitrogens with zero attached hydrogens (tertiary/aromatic N) is 1. The summed E-state index contributed by atoms with van der Waals surface area (Å²) >= 11 is 2.25. The summed E-state index contributed by atoms with van der Waals surface area (Å²) in [6.45, 7) is 6.97. The van der Waals surface area contributed by atoms with E-state index in [0.29, 0.717) is 12.5 Å². The lowest BCUT2D eigenvalue weighted by atomic mass is 10.1. The minimum atomic E-state index is -0.195. The van der Waals surface area contributed by atoms with Crippen LogP contribution in [-0.4, -0.2) is 23.6 Å². The average molecular weight is 351 g/mol. The quantitative estimate of drug-likeness (QED) is 0.405. The number of ether oxygens (including phenoxy) is 1. The molecule has 0 aromatic heterocycles. The van der Waals surface area contributed by atoms with Crippen LogP contribution in [0.15, 0.2) is 9.78 Å². The van der Waals surface area contributed by atoms with E-state index in [-0.39, 0.29) is 12.1 Å². The SMILES string of the molecule is CCCCC/C=C(\I)N1C(=O)OC[C@@H]1C(C)C. The van der Waals surface area contributed by atoms with Crippen molar-refractivity contribution >= 4 is 28.7 Å². The molecule has 0 saturated carbocycles. The van der Waals surface area contributed by atoms with Gasteiger partial charge in [-0.05, 0) is 41.4 Å². The molecule has 0 aromatic carbocycles. The number of allylic oxidation sites excluding steroid dienone is 1. The molecular formula is C13H22INO2. The van der Waals surface area contributed by atoms with Crippen LogP contribution in [0.4, 0.5) is 4.79 Å². The van der Waals surface area contributed by atoms with Gasteiger partial charge in [-0.2, -0.15) is 0 Å². The molecule has 98 valence electrons. The molecule has 1 saturated heterocycles. The van der Waals surface area contributed by atoms with Crippen LogP contribution in [-0.2, 0) is 4.74 Å². The summed E-state index contributed by atoms with van der Waals surface area (Å²) in [6.07, 6.45) is 6.67. The molecule has 4 heteroatoms. The Morgan fingerprint density at radius 2 is 2.29 bits per heavy atom. The van der Waals surface area contributed by atoms with E-state index in [9.17, 15) is 4.79 Å². The van der Waals surface area contributed by atoms with Gasteiger partial charge in [0.1, 0.15) is 6.61 Å². The van der Waals surface area contributed by atoms with Crippen LogP contribution in [0.3, 0.4) is 0 Å². The molecule has 0 unspecified atom stereocenters. The molecule has 17 heavy (non-hydrogen) atoms. The van der Waals surface area contributed by atoms with Gasteiger partial charge in [0.2, 0.25) is 0 Å². The van der Waals surface area contributed by atoms with Gasteiger partial charge in [-0.3, -0.25) is 4.90 Å². The molecule has 0 spiro atoms. The second-order valence-electron chi connectivity index (χ2n) is 4.78. The van der Waals surface area contributed by atoms with Crippen molar-refractivity contribution < 1.29 is 9.53 Å². The highest BCUT2D eigenvalue weighted by Gasteiger charge is 2.36. The maximum atomic E-state index is 11.7. The summed E-state index contributed by atoms with van der Waals surface area (Å²) in [5.74, 6) is 0.426. The van der Waals surface area contributed by atoms with E-state index < -0.39 is 0 Å². The van der Waals surface area contributed by atoms with Crippen molar-refractivity contribution in [2.45, 2.75) is 52.5 Å². The lowest BCUT2D eigenvalue weighted by Gasteiger charge is -2.23. The maximum absolute atomic E-state index is 11.7. The smallest absolute Gasteiger partial charge is 0.415 e. The highest BCUT2D eigenvalue weighted by molar-refractivity contribution is 14.1. The molecular weight excluding hydrogens is 329 g/mol. The first kappa shape index (κ1) is 14.8. The van der Waals surface area contributed by atoms with Crippen LogP contribution in [0.5, 0.6) is 0 Å². The summed E-state index contributed by atoms with van der Waals surface area (Å²) in [5.41, 5.74) is 0. The molecule has 1 aliphatic rings. The van der Waals surface area contributed by atoms with E-state index in [1.165, 1.54) is 19.3 Å². The molecule has 0 aromatic rings. The first-order chi connectivity index (χ1) is 8.07. The lowest BCUT2D eigenvalue weighted by Crippen LogP contribution is -2.34. The van der Waals surface area contributed by atoms with E-state index in [4.69, 9.17) is 4.74 Å². The van der Waals surface area contributed by atoms with Gasteiger partial charge < -0.3 is 4.74 Å². The number of cyclic esters (lactones) is 1. The van der Waals surface area contributed by atoms with Crippen molar-refractivity contribution in [2.24, 2.45) is 5.92 Å². The van der Waals surface area contributed by atoms with E-state index >= 15 is 0 Å². The topological polar surface area (TPSA) is 29.5 Å². The Morgan fingerprint density at radius 3 is 2.88 bits per heavy atom. The fourth-order valence-corrected chi connectivity index (χ4v) is 2.75. The van der Waals surface area contributed by atoms with Gasteiger partial charge in [-0.1, -0.05) is 39.7 Å². The lowest BCUT2D eigenvalue weighted by molar-refractivity contribution is 0.166. The molecule has 1 rings (SSSR count). The third kappa shape index (κ3) is 4.16. The van der Waals surface area contributed by atoms with Gasteiger partial charge in [0, 0.05) is 0 Å². The predicted octanol–water partition coefficient (Wildman–Crippen LogP) is 4.32. The molecule has 1 aliphatic heterocycles. The largest absolute Gasteiger partial charge is 0.447 e. The number of halogens is 1. The fraction of sp³-hybridized carbons (Fsp3) is 0.769. The third-order valence-electron chi connectivity index (χ3n) is 3.03. The zero-order valence-corrected chi connectivity index (χ0v) is 13.1. The highest BCUT2D eigenvalue weighted by Crippen LogP contribution is 2.28. The Kier molecular flexibility index (Phi) is 6.30. The summed E-state index contributed by atoms with van der Waals surface area (Å²) in [6, 6.07) is 0.192. The van der Waals surface area contributed by atoms with Gasteiger partial charge in [-0.15, -0.1) is 0 Å². The fourth-order valence-electron chi connectivity index (χ4n) is 1.89. The molecule has 1 atom stereocenters. The third-order valence-corrected chi connectivity index (χ3v) is 3.99. The number of hydrogen-bond donors (Lipinski definition) is 0. The van der Waals surface area contributed by atoms with Crippen molar-refractivity contribution in [2.75, 3.05) is 6.61 Å². The number of amides is 1. The number of hydrogen-bond acceptors (Lipinski definition) is 2. The molecule has 1 fully saturated rings. The summed E-state index contributed by atoms with van der Waals surface area (Å²) in [5, 5.41) is 0. The Bertz CT molecular complexity index is 289. The number of rotatable bonds is 6. The van der Waals surface area contributed by atoms with Gasteiger partial charge in [0.15, 0.2) is 0 Å². The number of carbonyl (C=O) groups is 1. The van der Waals surface area contributed by atoms with Crippen LogP contribution in [0.2, 0.25) is 0 Å². The van der Waals surface area contributed by atoms with E-state index in [1.807, 2.05) is 0 Å². The molecule has 0 radical (unpaired) electrons. The van der Waals surface area contributed by atoms with Crippen molar-refractivity contribution in [3.05, 3.63) is 9.78 Å². The van der Waals surface area contributed by atoms with Gasteiger partial charge in [0.25, 0.3) is 0 Å². The number of unbranched alkanes of at least 4 members (excludes halogenated alkanes) is 3. The second kappa shape index (κ2) is 7.24. The minimum absolute atomic E-state index is 0.192. The number of carbonyl (C=O) groups excluding carboxylic acids is 1. The van der Waals surface area contributed by atoms with Gasteiger partial charge in [-0.25, -0.2) is 4.79 Å². The minimum Gasteiger partial charge on any atom is -0.447 e. The van der Waals surface area contributed by atoms with Gasteiger partial charge in [0.05, 0.1) is 9.75 Å². The molecule has 0 bridgehead atoms. The Balaban J connectivity index is 2.58. The van der Waals surface area contributed by atoms with Crippen LogP contribution >= 0.6 is 22.6 Å². The normalized spacial score (nSPS) is 21.2. The first-order valence-electron chi connectivity index (χ1n) is 6.39. The second-order valence-corrected chi connectivity index (χ2v) is 5.89. The van der Waals surface area contributed by atoms with Crippen LogP contribution < -0.4 is 0 Å². The molecule has 0 aliphatic carbocycles. The van der Waals surface area contributed by atoms with E-state index in [0.717, 1.165) is 10.1 Å². The van der Waals surface area contributed by atoms with Gasteiger partial charge >= 0.3 is 6.09 Å². The van der Waals surface area contributed by atoms with Crippen molar-refractivity contribution in [1.29, 1.82) is 0 Å². The standard InChI is InChI=1S/C13H22INO2/c1-4-5-6-7-8-12(14)15-11(10(2)3)9-17-13(15)16/h8,10-11H,4-7,9H2,1-3H3/b12-8+/t11-/m1/s1. The molecule has 1 amide bonds. The Morgan fingerprint density at radius 1 is 1.59 bits per heavy atom. The van der Waals surface area contributed by atoms with Crippen LogP contribution in [0.1, 0.15) is 46.5 Å². The summed E-state index contributed by atoms with van der Waals surface area (Å²) in [4.78, 5) is 13.5.